The number of fused-ring (bicyclic) bond motifs is 1. The van der Waals surface area contributed by atoms with Gasteiger partial charge < -0.3 is 10.1 Å². The molecule has 10 nitrogen and oxygen atoms in total. The molecule has 1 N–H and O–H groups in total. The van der Waals surface area contributed by atoms with Gasteiger partial charge in [-0.15, -0.1) is 10.2 Å². The molecular formula is C20H16N8O2S2. The lowest BCUT2D eigenvalue weighted by Gasteiger charge is -2.28. The van der Waals surface area contributed by atoms with E-state index in [1.54, 1.807) is 17.1 Å². The van der Waals surface area contributed by atoms with Crippen LogP contribution in [0.5, 0.6) is 0 Å². The maximum atomic E-state index is 12.8. The maximum Gasteiger partial charge on any atom is 0.338 e. The molecule has 0 radical (unpaired) electrons. The molecule has 0 amide bonds. The largest absolute Gasteiger partial charge is 0.466 e. The number of anilines is 1. The number of carbonyl (C=O) groups excluding carboxylic acids is 1. The van der Waals surface area contributed by atoms with Crippen LogP contribution in [0.3, 0.4) is 0 Å². The number of benzene rings is 1. The number of hydrogen-bond donors (Lipinski definition) is 1. The number of nitrogens with zero attached hydrogens (tertiary/aromatic N) is 7. The summed E-state index contributed by atoms with van der Waals surface area (Å²) >= 11 is 2.97. The van der Waals surface area contributed by atoms with Crippen molar-refractivity contribution in [2.75, 3.05) is 18.2 Å². The number of hydrogen-bond acceptors (Lipinski definition) is 11. The van der Waals surface area contributed by atoms with Crippen LogP contribution in [-0.2, 0) is 9.53 Å². The first-order valence-corrected chi connectivity index (χ1v) is 11.3. The van der Waals surface area contributed by atoms with Crippen molar-refractivity contribution in [1.82, 2.24) is 35.4 Å². The van der Waals surface area contributed by atoms with Crippen LogP contribution in [0.25, 0.3) is 10.6 Å². The average molecular weight is 465 g/mol. The highest BCUT2D eigenvalue weighted by molar-refractivity contribution is 8.01. The Hall–Kier alpha value is -3.64. The lowest BCUT2D eigenvalue weighted by atomic mass is 9.96. The molecule has 0 spiro atoms. The fourth-order valence-corrected chi connectivity index (χ4v) is 5.18. The fraction of sp³-hybridized carbons (Fsp3) is 0.150. The first kappa shape index (κ1) is 20.3. The minimum atomic E-state index is -0.540. The molecule has 5 rings (SSSR count). The summed E-state index contributed by atoms with van der Waals surface area (Å²) < 4.78 is 7.46. The number of esters is 1. The van der Waals surface area contributed by atoms with E-state index in [9.17, 15) is 4.79 Å². The van der Waals surface area contributed by atoms with Crippen LogP contribution in [0.4, 0.5) is 5.95 Å². The van der Waals surface area contributed by atoms with Gasteiger partial charge in [0.1, 0.15) is 11.0 Å². The molecule has 1 aromatic carbocycles. The van der Waals surface area contributed by atoms with Gasteiger partial charge in [-0.1, -0.05) is 58.5 Å². The Balaban J connectivity index is 1.47. The van der Waals surface area contributed by atoms with Crippen LogP contribution in [-0.4, -0.2) is 54.2 Å². The molecule has 4 aromatic rings. The van der Waals surface area contributed by atoms with Crippen LogP contribution in [0, 0.1) is 0 Å². The SMILES string of the molecule is COC(=O)C1=C(CSc2nnc(-c3ccccc3)s2)Nc2nnnn2C1c1ccncc1. The Labute approximate surface area is 190 Å². The quantitative estimate of drug-likeness (QED) is 0.337. The van der Waals surface area contributed by atoms with Gasteiger partial charge in [0.05, 0.1) is 12.7 Å². The molecule has 1 aliphatic heterocycles. The van der Waals surface area contributed by atoms with E-state index in [2.05, 4.69) is 36.0 Å². The van der Waals surface area contributed by atoms with E-state index in [0.717, 1.165) is 20.5 Å². The van der Waals surface area contributed by atoms with E-state index in [4.69, 9.17) is 4.74 Å². The summed E-state index contributed by atoms with van der Waals surface area (Å²) in [5.74, 6) is 0.415. The third-order valence-corrected chi connectivity index (χ3v) is 6.93. The minimum Gasteiger partial charge on any atom is -0.466 e. The molecule has 3 aromatic heterocycles. The minimum absolute atomic E-state index is 0.429. The number of tetrazole rings is 1. The second kappa shape index (κ2) is 8.85. The smallest absolute Gasteiger partial charge is 0.338 e. The van der Waals surface area contributed by atoms with Crippen molar-refractivity contribution in [1.29, 1.82) is 0 Å². The van der Waals surface area contributed by atoms with Crippen LogP contribution in [0.1, 0.15) is 11.6 Å². The molecule has 4 heterocycles. The molecule has 1 atom stereocenters. The molecule has 1 unspecified atom stereocenters. The normalized spacial score (nSPS) is 15.2. The lowest BCUT2D eigenvalue weighted by molar-refractivity contribution is -0.136. The second-order valence-electron chi connectivity index (χ2n) is 6.67. The zero-order valence-electron chi connectivity index (χ0n) is 16.7. The monoisotopic (exact) mass is 464 g/mol. The highest BCUT2D eigenvalue weighted by Gasteiger charge is 2.36. The number of methoxy groups -OCH3 is 1. The molecule has 0 saturated heterocycles. The molecule has 12 heteroatoms. The zero-order valence-corrected chi connectivity index (χ0v) is 18.4. The van der Waals surface area contributed by atoms with Crippen LogP contribution in [0.15, 0.2) is 70.5 Å². The van der Waals surface area contributed by atoms with Crippen molar-refractivity contribution in [3.05, 3.63) is 71.7 Å². The third-order valence-electron chi connectivity index (χ3n) is 4.79. The van der Waals surface area contributed by atoms with Gasteiger partial charge in [-0.2, -0.15) is 4.68 Å². The van der Waals surface area contributed by atoms with Crippen molar-refractivity contribution < 1.29 is 9.53 Å². The Morgan fingerprint density at radius 1 is 1.16 bits per heavy atom. The predicted octanol–water partition coefficient (Wildman–Crippen LogP) is 2.82. The van der Waals surface area contributed by atoms with Gasteiger partial charge in [0, 0.05) is 29.4 Å². The van der Waals surface area contributed by atoms with E-state index in [-0.39, 0.29) is 0 Å². The fourth-order valence-electron chi connectivity index (χ4n) is 3.35. The van der Waals surface area contributed by atoms with Crippen molar-refractivity contribution in [2.45, 2.75) is 10.4 Å². The van der Waals surface area contributed by atoms with Gasteiger partial charge >= 0.3 is 5.97 Å². The number of nitrogens with one attached hydrogen (secondary N) is 1. The molecule has 1 aliphatic rings. The zero-order chi connectivity index (χ0) is 21.9. The van der Waals surface area contributed by atoms with Gasteiger partial charge in [0.25, 0.3) is 0 Å². The molecule has 0 bridgehead atoms. The van der Waals surface area contributed by atoms with Gasteiger partial charge in [0.2, 0.25) is 5.95 Å². The van der Waals surface area contributed by atoms with Gasteiger partial charge in [-0.3, -0.25) is 4.98 Å². The van der Waals surface area contributed by atoms with E-state index in [0.29, 0.717) is 23.0 Å². The summed E-state index contributed by atoms with van der Waals surface area (Å²) in [6, 6.07) is 13.0. The van der Waals surface area contributed by atoms with Crippen molar-refractivity contribution in [2.24, 2.45) is 0 Å². The summed E-state index contributed by atoms with van der Waals surface area (Å²) in [5, 5.41) is 24.5. The molecule has 160 valence electrons. The first-order valence-electron chi connectivity index (χ1n) is 9.52. The average Bonchev–Trinajstić information content (AvgIpc) is 3.52. The van der Waals surface area contributed by atoms with Gasteiger partial charge in [-0.05, 0) is 28.1 Å². The maximum absolute atomic E-state index is 12.8. The highest BCUT2D eigenvalue weighted by Crippen LogP contribution is 2.37. The van der Waals surface area contributed by atoms with E-state index in [1.165, 1.54) is 30.2 Å². The summed E-state index contributed by atoms with van der Waals surface area (Å²) in [6.45, 7) is 0. The van der Waals surface area contributed by atoms with Crippen molar-refractivity contribution >= 4 is 35.0 Å². The first-order chi connectivity index (χ1) is 15.7. The summed E-state index contributed by atoms with van der Waals surface area (Å²) in [7, 11) is 1.36. The van der Waals surface area contributed by atoms with E-state index >= 15 is 0 Å². The molecular weight excluding hydrogens is 448 g/mol. The lowest BCUT2D eigenvalue weighted by Crippen LogP contribution is -2.30. The van der Waals surface area contributed by atoms with E-state index < -0.39 is 12.0 Å². The summed E-state index contributed by atoms with van der Waals surface area (Å²) in [4.78, 5) is 16.9. The number of rotatable bonds is 6. The number of ether oxygens (including phenoxy) is 1. The Kier molecular flexibility index (Phi) is 5.60. The number of pyridine rings is 1. The number of carbonyl (C=O) groups is 1. The van der Waals surface area contributed by atoms with E-state index in [1.807, 2.05) is 42.5 Å². The molecule has 0 fully saturated rings. The van der Waals surface area contributed by atoms with Crippen LogP contribution >= 0.6 is 23.1 Å². The Bertz CT molecular complexity index is 1270. The Morgan fingerprint density at radius 3 is 2.75 bits per heavy atom. The molecule has 0 aliphatic carbocycles. The Morgan fingerprint density at radius 2 is 1.97 bits per heavy atom. The summed E-state index contributed by atoms with van der Waals surface area (Å²) in [6.07, 6.45) is 3.33. The van der Waals surface area contributed by atoms with Crippen molar-refractivity contribution in [3.63, 3.8) is 0 Å². The third kappa shape index (κ3) is 3.85. The van der Waals surface area contributed by atoms with Gasteiger partial charge in [0.15, 0.2) is 4.34 Å². The number of thioether (sulfide) groups is 1. The predicted molar refractivity (Wildman–Crippen MR) is 119 cm³/mol. The van der Waals surface area contributed by atoms with Gasteiger partial charge in [-0.25, -0.2) is 4.79 Å². The standard InChI is InChI=1S/C20H16N8O2S2/c1-30-18(29)15-14(11-31-20-25-23-17(32-20)13-5-3-2-4-6-13)22-19-24-26-27-28(19)16(15)12-7-9-21-10-8-12/h2-10,16H,11H2,1H3,(H,22,24,27). The van der Waals surface area contributed by atoms with Crippen LogP contribution in [0.2, 0.25) is 0 Å². The van der Waals surface area contributed by atoms with Crippen LogP contribution < -0.4 is 5.32 Å². The van der Waals surface area contributed by atoms with Crippen molar-refractivity contribution in [3.8, 4) is 10.6 Å². The second-order valence-corrected chi connectivity index (χ2v) is 8.87. The number of aromatic nitrogens is 7. The molecule has 0 saturated carbocycles. The molecule has 32 heavy (non-hydrogen) atoms. The topological polar surface area (TPSA) is 121 Å². The summed E-state index contributed by atoms with van der Waals surface area (Å²) in [5.41, 5.74) is 2.92. The highest BCUT2D eigenvalue weighted by atomic mass is 32.2.